The number of hydrogen-bond donors (Lipinski definition) is 1. The van der Waals surface area contributed by atoms with E-state index in [1.807, 2.05) is 32.0 Å². The highest BCUT2D eigenvalue weighted by molar-refractivity contribution is 6.31. The first-order chi connectivity index (χ1) is 9.52. The monoisotopic (exact) mass is 293 g/mol. The van der Waals surface area contributed by atoms with E-state index < -0.39 is 0 Å². The van der Waals surface area contributed by atoms with Crippen molar-refractivity contribution in [1.82, 2.24) is 0 Å². The van der Waals surface area contributed by atoms with Crippen molar-refractivity contribution >= 4 is 17.3 Å². The first-order valence-corrected chi connectivity index (χ1v) is 6.76. The van der Waals surface area contributed by atoms with E-state index in [9.17, 15) is 4.39 Å². The predicted molar refractivity (Wildman–Crippen MR) is 81.2 cm³/mol. The molecule has 2 rings (SSSR count). The number of ether oxygens (including phenoxy) is 1. The van der Waals surface area contributed by atoms with Crippen molar-refractivity contribution < 1.29 is 9.13 Å². The van der Waals surface area contributed by atoms with Gasteiger partial charge in [-0.05, 0) is 37.6 Å². The Labute approximate surface area is 123 Å². The molecule has 2 aromatic carbocycles. The summed E-state index contributed by atoms with van der Waals surface area (Å²) in [7, 11) is 1.52. The van der Waals surface area contributed by atoms with Crippen LogP contribution in [-0.4, -0.2) is 7.11 Å². The van der Waals surface area contributed by atoms with Gasteiger partial charge in [0.15, 0.2) is 0 Å². The Hall–Kier alpha value is -1.74. The van der Waals surface area contributed by atoms with Gasteiger partial charge in [-0.2, -0.15) is 0 Å². The van der Waals surface area contributed by atoms with Gasteiger partial charge < -0.3 is 10.1 Å². The molecule has 2 nitrogen and oxygen atoms in total. The number of nitrogens with one attached hydrogen (secondary N) is 1. The summed E-state index contributed by atoms with van der Waals surface area (Å²) in [6, 6.07) is 10.3. The van der Waals surface area contributed by atoms with Gasteiger partial charge in [0, 0.05) is 22.3 Å². The fourth-order valence-corrected chi connectivity index (χ4v) is 2.24. The van der Waals surface area contributed by atoms with E-state index in [2.05, 4.69) is 5.32 Å². The summed E-state index contributed by atoms with van der Waals surface area (Å²) in [5.41, 5.74) is 2.44. The molecule has 0 fully saturated rings. The number of anilines is 1. The summed E-state index contributed by atoms with van der Waals surface area (Å²) in [6.45, 7) is 3.84. The lowest BCUT2D eigenvalue weighted by Crippen LogP contribution is -2.09. The van der Waals surface area contributed by atoms with E-state index in [-0.39, 0.29) is 11.9 Å². The topological polar surface area (TPSA) is 21.3 Å². The van der Waals surface area contributed by atoms with E-state index in [0.29, 0.717) is 16.3 Å². The molecule has 0 amide bonds. The molecule has 20 heavy (non-hydrogen) atoms. The van der Waals surface area contributed by atoms with Crippen LogP contribution in [-0.2, 0) is 0 Å². The van der Waals surface area contributed by atoms with Crippen molar-refractivity contribution in [3.05, 3.63) is 58.4 Å². The molecule has 0 aromatic heterocycles. The first kappa shape index (κ1) is 14.7. The molecule has 1 unspecified atom stereocenters. The van der Waals surface area contributed by atoms with Gasteiger partial charge in [-0.15, -0.1) is 0 Å². The zero-order valence-corrected chi connectivity index (χ0v) is 12.5. The van der Waals surface area contributed by atoms with E-state index in [1.165, 1.54) is 13.2 Å². The summed E-state index contributed by atoms with van der Waals surface area (Å²) in [5, 5.41) is 3.97. The normalized spacial score (nSPS) is 12.1. The molecule has 106 valence electrons. The van der Waals surface area contributed by atoms with Crippen LogP contribution in [0.5, 0.6) is 5.75 Å². The lowest BCUT2D eigenvalue weighted by atomic mass is 10.1. The molecule has 0 bridgehead atoms. The maximum atomic E-state index is 14.0. The van der Waals surface area contributed by atoms with E-state index in [4.69, 9.17) is 16.3 Å². The van der Waals surface area contributed by atoms with Gasteiger partial charge in [0.05, 0.1) is 13.2 Å². The van der Waals surface area contributed by atoms with Crippen molar-refractivity contribution in [3.63, 3.8) is 0 Å². The van der Waals surface area contributed by atoms with Gasteiger partial charge in [-0.25, -0.2) is 4.39 Å². The second kappa shape index (κ2) is 6.14. The van der Waals surface area contributed by atoms with Gasteiger partial charge in [-0.1, -0.05) is 23.7 Å². The Bertz CT molecular complexity index is 615. The molecule has 0 radical (unpaired) electrons. The number of hydrogen-bond acceptors (Lipinski definition) is 2. The van der Waals surface area contributed by atoms with Crippen LogP contribution in [0.15, 0.2) is 36.4 Å². The highest BCUT2D eigenvalue weighted by atomic mass is 35.5. The van der Waals surface area contributed by atoms with Gasteiger partial charge in [-0.3, -0.25) is 0 Å². The molecule has 0 saturated carbocycles. The van der Waals surface area contributed by atoms with Crippen molar-refractivity contribution in [2.24, 2.45) is 0 Å². The van der Waals surface area contributed by atoms with E-state index in [0.717, 1.165) is 11.3 Å². The van der Waals surface area contributed by atoms with E-state index in [1.54, 1.807) is 12.1 Å². The molecule has 0 aliphatic rings. The minimum absolute atomic E-state index is 0.168. The molecule has 0 aliphatic heterocycles. The van der Waals surface area contributed by atoms with Crippen LogP contribution >= 0.6 is 11.6 Å². The standard InChI is InChI=1S/C16H17ClFNO/c1-10-14(17)5-4-6-16(10)19-11(2)13-8-7-12(20-3)9-15(13)18/h4-9,11,19H,1-3H3. The largest absolute Gasteiger partial charge is 0.497 e. The zero-order valence-electron chi connectivity index (χ0n) is 11.7. The van der Waals surface area contributed by atoms with Gasteiger partial charge in [0.2, 0.25) is 0 Å². The summed E-state index contributed by atoms with van der Waals surface area (Å²) >= 11 is 6.08. The van der Waals surface area contributed by atoms with Crippen LogP contribution in [0, 0.1) is 12.7 Å². The van der Waals surface area contributed by atoms with Crippen LogP contribution in [0.2, 0.25) is 5.02 Å². The Morgan fingerprint density at radius 3 is 2.65 bits per heavy atom. The predicted octanol–water partition coefficient (Wildman–Crippen LogP) is 4.97. The molecule has 1 atom stereocenters. The van der Waals surface area contributed by atoms with Gasteiger partial charge in [0.25, 0.3) is 0 Å². The molecule has 2 aromatic rings. The quantitative estimate of drug-likeness (QED) is 0.859. The number of methoxy groups -OCH3 is 1. The molecular weight excluding hydrogens is 277 g/mol. The van der Waals surface area contributed by atoms with Gasteiger partial charge >= 0.3 is 0 Å². The molecular formula is C16H17ClFNO. The fourth-order valence-electron chi connectivity index (χ4n) is 2.06. The summed E-state index contributed by atoms with van der Waals surface area (Å²) < 4.78 is 19.0. The second-order valence-corrected chi connectivity index (χ2v) is 5.07. The average Bonchev–Trinajstić information content (AvgIpc) is 2.43. The SMILES string of the molecule is COc1ccc(C(C)Nc2cccc(Cl)c2C)c(F)c1. The van der Waals surface area contributed by atoms with E-state index >= 15 is 0 Å². The van der Waals surface area contributed by atoms with Crippen LogP contribution in [0.3, 0.4) is 0 Å². The Morgan fingerprint density at radius 1 is 1.25 bits per heavy atom. The maximum absolute atomic E-state index is 14.0. The minimum Gasteiger partial charge on any atom is -0.497 e. The molecule has 0 spiro atoms. The average molecular weight is 294 g/mol. The third-order valence-electron chi connectivity index (χ3n) is 3.31. The fraction of sp³-hybridized carbons (Fsp3) is 0.250. The van der Waals surface area contributed by atoms with Crippen LogP contribution in [0.4, 0.5) is 10.1 Å². The van der Waals surface area contributed by atoms with Crippen molar-refractivity contribution in [2.75, 3.05) is 12.4 Å². The Morgan fingerprint density at radius 2 is 2.00 bits per heavy atom. The lowest BCUT2D eigenvalue weighted by Gasteiger charge is -2.19. The van der Waals surface area contributed by atoms with Crippen molar-refractivity contribution in [1.29, 1.82) is 0 Å². The second-order valence-electron chi connectivity index (χ2n) is 4.67. The van der Waals surface area contributed by atoms with Crippen LogP contribution in [0.25, 0.3) is 0 Å². The van der Waals surface area contributed by atoms with Crippen molar-refractivity contribution in [3.8, 4) is 5.75 Å². The highest BCUT2D eigenvalue weighted by Crippen LogP contribution is 2.28. The highest BCUT2D eigenvalue weighted by Gasteiger charge is 2.13. The smallest absolute Gasteiger partial charge is 0.132 e. The summed E-state index contributed by atoms with van der Waals surface area (Å²) in [5.74, 6) is 0.224. The lowest BCUT2D eigenvalue weighted by molar-refractivity contribution is 0.410. The third-order valence-corrected chi connectivity index (χ3v) is 3.72. The molecule has 0 saturated heterocycles. The van der Waals surface area contributed by atoms with Crippen LogP contribution in [0.1, 0.15) is 24.1 Å². The van der Waals surface area contributed by atoms with Crippen LogP contribution < -0.4 is 10.1 Å². The van der Waals surface area contributed by atoms with Gasteiger partial charge in [0.1, 0.15) is 11.6 Å². The third kappa shape index (κ3) is 3.05. The molecule has 0 heterocycles. The van der Waals surface area contributed by atoms with Crippen molar-refractivity contribution in [2.45, 2.75) is 19.9 Å². The summed E-state index contributed by atoms with van der Waals surface area (Å²) in [4.78, 5) is 0. The first-order valence-electron chi connectivity index (χ1n) is 6.38. The maximum Gasteiger partial charge on any atom is 0.132 e. The number of benzene rings is 2. The molecule has 1 N–H and O–H groups in total. The molecule has 4 heteroatoms. The number of halogens is 2. The Kier molecular flexibility index (Phi) is 4.50. The number of rotatable bonds is 4. The molecule has 0 aliphatic carbocycles. The Balaban J connectivity index is 2.24. The zero-order chi connectivity index (χ0) is 14.7. The minimum atomic E-state index is -0.288. The summed E-state index contributed by atoms with van der Waals surface area (Å²) in [6.07, 6.45) is 0.